The summed E-state index contributed by atoms with van der Waals surface area (Å²) in [6.45, 7) is 1.49. The fraction of sp³-hybridized carbons (Fsp3) is 0.368. The smallest absolute Gasteiger partial charge is 0.342 e. The van der Waals surface area contributed by atoms with Crippen LogP contribution in [0.3, 0.4) is 0 Å². The SMILES string of the molecule is COc1cc(O)c2c(c1)/C=C/C(O)[C@H](O)[C@H](O)C(=O)/C=C\[C@@H](N)[C@H](C)OC2=O. The zero-order valence-electron chi connectivity index (χ0n) is 15.4. The summed E-state index contributed by atoms with van der Waals surface area (Å²) in [6.07, 6.45) is -1.76. The molecule has 0 aromatic heterocycles. The lowest BCUT2D eigenvalue weighted by Gasteiger charge is -2.21. The molecule has 1 heterocycles. The highest BCUT2D eigenvalue weighted by Crippen LogP contribution is 2.30. The Kier molecular flexibility index (Phi) is 6.92. The van der Waals surface area contributed by atoms with Crippen molar-refractivity contribution in [2.45, 2.75) is 37.4 Å². The number of hydrogen-bond acceptors (Lipinski definition) is 9. The van der Waals surface area contributed by atoms with Crippen molar-refractivity contribution in [2.75, 3.05) is 7.11 Å². The molecule has 0 spiro atoms. The van der Waals surface area contributed by atoms with E-state index in [1.807, 2.05) is 0 Å². The number of ketones is 1. The van der Waals surface area contributed by atoms with E-state index in [0.29, 0.717) is 0 Å². The number of esters is 1. The van der Waals surface area contributed by atoms with E-state index in [-0.39, 0.29) is 16.9 Å². The predicted octanol–water partition coefficient (Wildman–Crippen LogP) is -0.492. The Morgan fingerprint density at radius 2 is 1.79 bits per heavy atom. The molecule has 28 heavy (non-hydrogen) atoms. The van der Waals surface area contributed by atoms with E-state index in [1.165, 1.54) is 38.3 Å². The Bertz CT molecular complexity index is 803. The third kappa shape index (κ3) is 4.76. The molecule has 0 aliphatic carbocycles. The first-order chi connectivity index (χ1) is 13.1. The predicted molar refractivity (Wildman–Crippen MR) is 98.7 cm³/mol. The quantitative estimate of drug-likeness (QED) is 0.397. The highest BCUT2D eigenvalue weighted by Gasteiger charge is 2.29. The summed E-state index contributed by atoms with van der Waals surface area (Å²) in [5, 5.41) is 40.2. The number of cyclic esters (lactones) is 1. The van der Waals surface area contributed by atoms with Crippen LogP contribution in [0.1, 0.15) is 22.8 Å². The fourth-order valence-corrected chi connectivity index (χ4v) is 2.53. The normalized spacial score (nSPS) is 31.3. The molecule has 5 atom stereocenters. The fourth-order valence-electron chi connectivity index (χ4n) is 2.53. The molecule has 0 radical (unpaired) electrons. The minimum absolute atomic E-state index is 0.127. The Morgan fingerprint density at radius 1 is 1.11 bits per heavy atom. The maximum Gasteiger partial charge on any atom is 0.342 e. The topological polar surface area (TPSA) is 160 Å². The minimum atomic E-state index is -1.89. The van der Waals surface area contributed by atoms with Crippen LogP contribution in [0.5, 0.6) is 11.5 Å². The highest BCUT2D eigenvalue weighted by molar-refractivity contribution is 5.97. The van der Waals surface area contributed by atoms with Crippen LogP contribution in [-0.2, 0) is 9.53 Å². The molecule has 9 nitrogen and oxygen atoms in total. The molecule has 1 aromatic carbocycles. The minimum Gasteiger partial charge on any atom is -0.507 e. The molecular formula is C19H23NO8. The first-order valence-corrected chi connectivity index (χ1v) is 8.47. The number of ether oxygens (including phenoxy) is 2. The van der Waals surface area contributed by atoms with Crippen LogP contribution in [0.25, 0.3) is 6.08 Å². The van der Waals surface area contributed by atoms with E-state index in [0.717, 1.165) is 12.2 Å². The van der Waals surface area contributed by atoms with E-state index in [1.54, 1.807) is 0 Å². The first kappa shape index (κ1) is 21.6. The average Bonchev–Trinajstić information content (AvgIpc) is 2.67. The number of aliphatic hydroxyl groups is 3. The third-order valence-electron chi connectivity index (χ3n) is 4.32. The van der Waals surface area contributed by atoms with Gasteiger partial charge in [-0.2, -0.15) is 0 Å². The van der Waals surface area contributed by atoms with E-state index in [9.17, 15) is 30.0 Å². The van der Waals surface area contributed by atoms with Crippen LogP contribution >= 0.6 is 0 Å². The van der Waals surface area contributed by atoms with Gasteiger partial charge in [-0.1, -0.05) is 18.2 Å². The van der Waals surface area contributed by atoms with Crippen molar-refractivity contribution < 1.29 is 39.5 Å². The lowest BCUT2D eigenvalue weighted by Crippen LogP contribution is -2.41. The lowest BCUT2D eigenvalue weighted by atomic mass is 9.99. The molecule has 9 heteroatoms. The number of rotatable bonds is 1. The van der Waals surface area contributed by atoms with Crippen molar-refractivity contribution in [3.05, 3.63) is 41.5 Å². The largest absolute Gasteiger partial charge is 0.507 e. The van der Waals surface area contributed by atoms with Crippen molar-refractivity contribution >= 4 is 17.8 Å². The number of carbonyl (C=O) groups excluding carboxylic acids is 2. The van der Waals surface area contributed by atoms with Gasteiger partial charge in [-0.3, -0.25) is 4.79 Å². The summed E-state index contributed by atoms with van der Waals surface area (Å²) in [5.41, 5.74) is 5.79. The molecule has 0 saturated heterocycles. The number of aromatic hydroxyl groups is 1. The molecule has 2 rings (SSSR count). The van der Waals surface area contributed by atoms with Gasteiger partial charge < -0.3 is 35.6 Å². The molecule has 0 bridgehead atoms. The Morgan fingerprint density at radius 3 is 2.43 bits per heavy atom. The van der Waals surface area contributed by atoms with Crippen LogP contribution in [0.2, 0.25) is 0 Å². The van der Waals surface area contributed by atoms with Gasteiger partial charge in [-0.15, -0.1) is 0 Å². The summed E-state index contributed by atoms with van der Waals surface area (Å²) >= 11 is 0. The number of phenolic OH excluding ortho intramolecular Hbond substituents is 1. The second-order valence-electron chi connectivity index (χ2n) is 6.35. The zero-order chi connectivity index (χ0) is 21.0. The van der Waals surface area contributed by atoms with Crippen LogP contribution < -0.4 is 10.5 Å². The number of benzene rings is 1. The van der Waals surface area contributed by atoms with Crippen molar-refractivity contribution in [2.24, 2.45) is 5.73 Å². The molecule has 6 N–H and O–H groups in total. The second-order valence-corrected chi connectivity index (χ2v) is 6.35. The molecule has 1 aromatic rings. The molecule has 0 fully saturated rings. The Balaban J connectivity index is 2.57. The van der Waals surface area contributed by atoms with Gasteiger partial charge in [0.1, 0.15) is 41.5 Å². The van der Waals surface area contributed by atoms with Gasteiger partial charge in [-0.05, 0) is 24.6 Å². The number of hydrogen-bond donors (Lipinski definition) is 5. The zero-order valence-corrected chi connectivity index (χ0v) is 15.4. The van der Waals surface area contributed by atoms with Crippen LogP contribution in [0.15, 0.2) is 30.4 Å². The highest BCUT2D eigenvalue weighted by atomic mass is 16.5. The van der Waals surface area contributed by atoms with E-state index in [4.69, 9.17) is 15.2 Å². The van der Waals surface area contributed by atoms with E-state index >= 15 is 0 Å². The monoisotopic (exact) mass is 393 g/mol. The number of carbonyl (C=O) groups is 2. The average molecular weight is 393 g/mol. The van der Waals surface area contributed by atoms with Crippen LogP contribution in [0, 0.1) is 0 Å². The number of phenols is 1. The van der Waals surface area contributed by atoms with Gasteiger partial charge in [0.25, 0.3) is 0 Å². The summed E-state index contributed by atoms with van der Waals surface area (Å²) in [7, 11) is 1.36. The van der Waals surface area contributed by atoms with Crippen molar-refractivity contribution in [1.29, 1.82) is 0 Å². The second kappa shape index (κ2) is 8.98. The summed E-state index contributed by atoms with van der Waals surface area (Å²) in [4.78, 5) is 24.5. The lowest BCUT2D eigenvalue weighted by molar-refractivity contribution is -0.131. The van der Waals surface area contributed by atoms with Crippen molar-refractivity contribution in [1.82, 2.24) is 0 Å². The number of nitrogens with two attached hydrogens (primary N) is 1. The summed E-state index contributed by atoms with van der Waals surface area (Å²) in [5.74, 6) is -1.94. The van der Waals surface area contributed by atoms with E-state index in [2.05, 4.69) is 0 Å². The molecule has 0 amide bonds. The summed E-state index contributed by atoms with van der Waals surface area (Å²) in [6, 6.07) is 1.73. The van der Waals surface area contributed by atoms with Crippen molar-refractivity contribution in [3.63, 3.8) is 0 Å². The molecule has 152 valence electrons. The first-order valence-electron chi connectivity index (χ1n) is 8.47. The van der Waals surface area contributed by atoms with Gasteiger partial charge in [0.2, 0.25) is 0 Å². The number of aliphatic hydroxyl groups excluding tert-OH is 3. The van der Waals surface area contributed by atoms with Gasteiger partial charge in [0.05, 0.1) is 13.2 Å². The van der Waals surface area contributed by atoms with Crippen molar-refractivity contribution in [3.8, 4) is 11.5 Å². The molecule has 1 aliphatic heterocycles. The maximum absolute atomic E-state index is 12.6. The summed E-state index contributed by atoms with van der Waals surface area (Å²) < 4.78 is 10.3. The number of fused-ring (bicyclic) bond motifs is 1. The van der Waals surface area contributed by atoms with Crippen LogP contribution in [-0.4, -0.2) is 69.7 Å². The molecule has 1 unspecified atom stereocenters. The van der Waals surface area contributed by atoms with E-state index < -0.39 is 48.0 Å². The Labute approximate surface area is 161 Å². The van der Waals surface area contributed by atoms with Gasteiger partial charge in [0, 0.05) is 6.07 Å². The van der Waals surface area contributed by atoms with Gasteiger partial charge in [-0.25, -0.2) is 4.79 Å². The molecular weight excluding hydrogens is 370 g/mol. The third-order valence-corrected chi connectivity index (χ3v) is 4.32. The molecule has 0 saturated carbocycles. The number of methoxy groups -OCH3 is 1. The van der Waals surface area contributed by atoms with Gasteiger partial charge in [0.15, 0.2) is 5.78 Å². The standard InChI is InChI=1S/C19H23NO8/c1-9-12(20)4-6-14(22)18(25)17(24)13(21)5-3-10-7-11(27-2)8-15(23)16(10)19(26)28-9/h3-9,12-13,17-18,21,23-25H,20H2,1-2H3/b5-3+,6-4-/t9-,12+,13?,17-,18+/m0/s1. The van der Waals surface area contributed by atoms with Crippen LogP contribution in [0.4, 0.5) is 0 Å². The molecule has 1 aliphatic rings. The maximum atomic E-state index is 12.6. The Hall–Kier alpha value is -2.72. The van der Waals surface area contributed by atoms with Gasteiger partial charge >= 0.3 is 5.97 Å².